The molecule has 0 fully saturated rings. The summed E-state index contributed by atoms with van der Waals surface area (Å²) in [5.41, 5.74) is 2.66. The van der Waals surface area contributed by atoms with E-state index in [1.807, 2.05) is 37.3 Å². The second-order valence-corrected chi connectivity index (χ2v) is 6.97. The van der Waals surface area contributed by atoms with Crippen LogP contribution >= 0.6 is 11.3 Å². The molecule has 0 aliphatic heterocycles. The first-order chi connectivity index (χ1) is 12.6. The standard InChI is InChI=1S/C20H19FN2O2S/c1-14-19(16-7-9-17(21)10-8-16)23-20(26-14)22-18(24)11-12-25-13-15-5-3-2-4-6-15/h2-10H,11-13H2,1H3,(H,22,23,24). The maximum absolute atomic E-state index is 13.0. The molecule has 0 aliphatic carbocycles. The van der Waals surface area contributed by atoms with Crippen molar-refractivity contribution in [3.05, 3.63) is 70.9 Å². The molecule has 6 heteroatoms. The van der Waals surface area contributed by atoms with Crippen LogP contribution in [0.5, 0.6) is 0 Å². The van der Waals surface area contributed by atoms with Crippen LogP contribution in [0, 0.1) is 12.7 Å². The van der Waals surface area contributed by atoms with E-state index in [4.69, 9.17) is 4.74 Å². The molecule has 0 saturated carbocycles. The molecule has 1 amide bonds. The molecule has 1 heterocycles. The van der Waals surface area contributed by atoms with E-state index < -0.39 is 0 Å². The lowest BCUT2D eigenvalue weighted by Gasteiger charge is -2.04. The van der Waals surface area contributed by atoms with Gasteiger partial charge < -0.3 is 10.1 Å². The molecule has 26 heavy (non-hydrogen) atoms. The molecule has 0 bridgehead atoms. The van der Waals surface area contributed by atoms with Gasteiger partial charge in [0.15, 0.2) is 5.13 Å². The normalized spacial score (nSPS) is 10.7. The fourth-order valence-corrected chi connectivity index (χ4v) is 3.29. The van der Waals surface area contributed by atoms with Gasteiger partial charge in [0.1, 0.15) is 5.82 Å². The molecule has 0 saturated heterocycles. The quantitative estimate of drug-likeness (QED) is 0.608. The summed E-state index contributed by atoms with van der Waals surface area (Å²) in [6.45, 7) is 2.75. The number of amides is 1. The molecule has 0 unspecified atom stereocenters. The van der Waals surface area contributed by atoms with Gasteiger partial charge in [-0.1, -0.05) is 30.3 Å². The van der Waals surface area contributed by atoms with Crippen molar-refractivity contribution in [2.24, 2.45) is 0 Å². The third-order valence-corrected chi connectivity index (χ3v) is 4.63. The summed E-state index contributed by atoms with van der Waals surface area (Å²) >= 11 is 1.40. The van der Waals surface area contributed by atoms with E-state index in [1.54, 1.807) is 12.1 Å². The molecule has 3 rings (SSSR count). The van der Waals surface area contributed by atoms with Gasteiger partial charge in [-0.15, -0.1) is 11.3 Å². The Morgan fingerprint density at radius 3 is 2.62 bits per heavy atom. The van der Waals surface area contributed by atoms with Gasteiger partial charge in [-0.3, -0.25) is 4.79 Å². The van der Waals surface area contributed by atoms with E-state index in [1.165, 1.54) is 23.5 Å². The second kappa shape index (κ2) is 8.69. The van der Waals surface area contributed by atoms with Crippen molar-refractivity contribution in [2.75, 3.05) is 11.9 Å². The van der Waals surface area contributed by atoms with Crippen LogP contribution in [0.25, 0.3) is 11.3 Å². The number of hydrogen-bond donors (Lipinski definition) is 1. The number of benzene rings is 2. The molecular weight excluding hydrogens is 351 g/mol. The number of halogens is 1. The Balaban J connectivity index is 1.50. The number of carbonyl (C=O) groups is 1. The van der Waals surface area contributed by atoms with Crippen LogP contribution in [0.4, 0.5) is 9.52 Å². The van der Waals surface area contributed by atoms with Gasteiger partial charge in [-0.05, 0) is 36.8 Å². The fourth-order valence-electron chi connectivity index (χ4n) is 2.44. The van der Waals surface area contributed by atoms with E-state index in [0.717, 1.165) is 21.7 Å². The Morgan fingerprint density at radius 2 is 1.88 bits per heavy atom. The number of aryl methyl sites for hydroxylation is 1. The van der Waals surface area contributed by atoms with Gasteiger partial charge in [0.05, 0.1) is 25.3 Å². The highest BCUT2D eigenvalue weighted by molar-refractivity contribution is 7.16. The SMILES string of the molecule is Cc1sc(NC(=O)CCOCc2ccccc2)nc1-c1ccc(F)cc1. The lowest BCUT2D eigenvalue weighted by Crippen LogP contribution is -2.14. The zero-order valence-electron chi connectivity index (χ0n) is 14.4. The number of anilines is 1. The largest absolute Gasteiger partial charge is 0.376 e. The zero-order valence-corrected chi connectivity index (χ0v) is 15.2. The molecule has 4 nitrogen and oxygen atoms in total. The lowest BCUT2D eigenvalue weighted by molar-refractivity contribution is -0.117. The highest BCUT2D eigenvalue weighted by Gasteiger charge is 2.12. The van der Waals surface area contributed by atoms with Crippen LogP contribution in [0.15, 0.2) is 54.6 Å². The molecule has 0 radical (unpaired) electrons. The summed E-state index contributed by atoms with van der Waals surface area (Å²) in [6.07, 6.45) is 0.261. The topological polar surface area (TPSA) is 51.2 Å². The summed E-state index contributed by atoms with van der Waals surface area (Å²) in [6, 6.07) is 16.0. The van der Waals surface area contributed by atoms with Crippen molar-refractivity contribution in [3.8, 4) is 11.3 Å². The highest BCUT2D eigenvalue weighted by atomic mass is 32.1. The maximum Gasteiger partial charge on any atom is 0.228 e. The Kier molecular flexibility index (Phi) is 6.09. The second-order valence-electron chi connectivity index (χ2n) is 5.77. The predicted octanol–water partition coefficient (Wildman–Crippen LogP) is 4.80. The summed E-state index contributed by atoms with van der Waals surface area (Å²) in [7, 11) is 0. The van der Waals surface area contributed by atoms with Gasteiger partial charge >= 0.3 is 0 Å². The molecule has 0 atom stereocenters. The summed E-state index contributed by atoms with van der Waals surface area (Å²) < 4.78 is 18.6. The molecule has 1 aromatic heterocycles. The van der Waals surface area contributed by atoms with Gasteiger partial charge in [0.2, 0.25) is 5.91 Å². The van der Waals surface area contributed by atoms with Crippen molar-refractivity contribution >= 4 is 22.4 Å². The van der Waals surface area contributed by atoms with Crippen molar-refractivity contribution in [2.45, 2.75) is 20.0 Å². The number of nitrogens with zero attached hydrogens (tertiary/aromatic N) is 1. The predicted molar refractivity (Wildman–Crippen MR) is 102 cm³/mol. The van der Waals surface area contributed by atoms with Crippen molar-refractivity contribution in [1.29, 1.82) is 0 Å². The van der Waals surface area contributed by atoms with Crippen LogP contribution in [0.2, 0.25) is 0 Å². The molecule has 0 spiro atoms. The van der Waals surface area contributed by atoms with Crippen LogP contribution in [0.1, 0.15) is 16.9 Å². The number of thiazole rings is 1. The molecule has 0 aliphatic rings. The average molecular weight is 370 g/mol. The Hall–Kier alpha value is -2.57. The minimum Gasteiger partial charge on any atom is -0.376 e. The third kappa shape index (κ3) is 4.97. The zero-order chi connectivity index (χ0) is 18.4. The fraction of sp³-hybridized carbons (Fsp3) is 0.200. The Morgan fingerprint density at radius 1 is 1.15 bits per heavy atom. The minimum atomic E-state index is -0.286. The molecular formula is C20H19FN2O2S. The molecule has 2 aromatic carbocycles. The van der Waals surface area contributed by atoms with Gasteiger partial charge in [0, 0.05) is 10.4 Å². The first-order valence-corrected chi connectivity index (χ1v) is 9.08. The van der Waals surface area contributed by atoms with Crippen LogP contribution in [-0.4, -0.2) is 17.5 Å². The van der Waals surface area contributed by atoms with Crippen molar-refractivity contribution in [3.63, 3.8) is 0 Å². The molecule has 1 N–H and O–H groups in total. The van der Waals surface area contributed by atoms with Gasteiger partial charge in [-0.2, -0.15) is 0 Å². The van der Waals surface area contributed by atoms with Crippen LogP contribution in [-0.2, 0) is 16.1 Å². The number of hydrogen-bond acceptors (Lipinski definition) is 4. The van der Waals surface area contributed by atoms with Gasteiger partial charge in [0.25, 0.3) is 0 Å². The Bertz CT molecular complexity index is 863. The highest BCUT2D eigenvalue weighted by Crippen LogP contribution is 2.30. The molecule has 134 valence electrons. The summed E-state index contributed by atoms with van der Waals surface area (Å²) in [4.78, 5) is 17.5. The lowest BCUT2D eigenvalue weighted by atomic mass is 10.1. The molecule has 3 aromatic rings. The van der Waals surface area contributed by atoms with Crippen LogP contribution < -0.4 is 5.32 Å². The smallest absolute Gasteiger partial charge is 0.228 e. The van der Waals surface area contributed by atoms with E-state index in [-0.39, 0.29) is 18.1 Å². The maximum atomic E-state index is 13.0. The van der Waals surface area contributed by atoms with E-state index in [9.17, 15) is 9.18 Å². The number of aromatic nitrogens is 1. The first-order valence-electron chi connectivity index (χ1n) is 8.27. The minimum absolute atomic E-state index is 0.141. The van der Waals surface area contributed by atoms with Crippen molar-refractivity contribution in [1.82, 2.24) is 4.98 Å². The van der Waals surface area contributed by atoms with E-state index >= 15 is 0 Å². The number of carbonyl (C=O) groups excluding carboxylic acids is 1. The van der Waals surface area contributed by atoms with E-state index in [2.05, 4.69) is 10.3 Å². The number of nitrogens with one attached hydrogen (secondary N) is 1. The first kappa shape index (κ1) is 18.2. The number of ether oxygens (including phenoxy) is 1. The monoisotopic (exact) mass is 370 g/mol. The number of rotatable bonds is 7. The summed E-state index contributed by atoms with van der Waals surface area (Å²) in [5.74, 6) is -0.428. The Labute approximate surface area is 155 Å². The average Bonchev–Trinajstić information content (AvgIpc) is 3.00. The van der Waals surface area contributed by atoms with E-state index in [0.29, 0.717) is 18.3 Å². The van der Waals surface area contributed by atoms with Gasteiger partial charge in [-0.25, -0.2) is 9.37 Å². The van der Waals surface area contributed by atoms with Crippen LogP contribution in [0.3, 0.4) is 0 Å². The third-order valence-electron chi connectivity index (χ3n) is 3.75. The summed E-state index contributed by atoms with van der Waals surface area (Å²) in [5, 5.41) is 3.33. The van der Waals surface area contributed by atoms with Crippen molar-refractivity contribution < 1.29 is 13.9 Å².